The van der Waals surface area contributed by atoms with Gasteiger partial charge in [0.1, 0.15) is 5.75 Å². The normalized spacial score (nSPS) is 12.2. The molecule has 1 aromatic rings. The van der Waals surface area contributed by atoms with E-state index in [1.54, 1.807) is 7.11 Å². The highest BCUT2D eigenvalue weighted by Gasteiger charge is 2.08. The fourth-order valence-corrected chi connectivity index (χ4v) is 2.01. The number of hydrogen-bond acceptors (Lipinski definition) is 4. The minimum Gasteiger partial charge on any atom is -0.495 e. The van der Waals surface area contributed by atoms with E-state index in [2.05, 4.69) is 11.6 Å². The van der Waals surface area contributed by atoms with Crippen LogP contribution in [0.15, 0.2) is 24.3 Å². The van der Waals surface area contributed by atoms with E-state index < -0.39 is 0 Å². The molecule has 0 amide bonds. The smallest absolute Gasteiger partial charge is 0.141 e. The van der Waals surface area contributed by atoms with Crippen molar-refractivity contribution >= 4 is 17.4 Å². The van der Waals surface area contributed by atoms with Gasteiger partial charge in [0.2, 0.25) is 0 Å². The molecule has 3 nitrogen and oxygen atoms in total. The number of rotatable bonds is 7. The van der Waals surface area contributed by atoms with Crippen LogP contribution in [-0.2, 0) is 0 Å². The molecule has 1 rings (SSSR count). The van der Waals surface area contributed by atoms with Gasteiger partial charge in [-0.25, -0.2) is 0 Å². The van der Waals surface area contributed by atoms with Crippen LogP contribution in [0, 0.1) is 0 Å². The Labute approximate surface area is 102 Å². The van der Waals surface area contributed by atoms with Crippen molar-refractivity contribution in [1.82, 2.24) is 0 Å². The van der Waals surface area contributed by atoms with Crippen LogP contribution in [0.1, 0.15) is 6.42 Å². The molecule has 0 aliphatic carbocycles. The summed E-state index contributed by atoms with van der Waals surface area (Å²) < 4.78 is 5.29. The predicted molar refractivity (Wildman–Crippen MR) is 72.5 cm³/mol. The summed E-state index contributed by atoms with van der Waals surface area (Å²) in [4.78, 5) is 0. The Morgan fingerprint density at radius 2 is 2.19 bits per heavy atom. The van der Waals surface area contributed by atoms with Gasteiger partial charge in [-0.1, -0.05) is 12.1 Å². The summed E-state index contributed by atoms with van der Waals surface area (Å²) >= 11 is 1.84. The summed E-state index contributed by atoms with van der Waals surface area (Å²) in [5.74, 6) is 1.98. The highest BCUT2D eigenvalue weighted by atomic mass is 32.2. The van der Waals surface area contributed by atoms with Crippen molar-refractivity contribution in [3.63, 3.8) is 0 Å². The Bertz CT molecular complexity index is 307. The number of hydrogen-bond donors (Lipinski definition) is 2. The average molecular weight is 240 g/mol. The molecule has 0 bridgehead atoms. The van der Waals surface area contributed by atoms with E-state index in [-0.39, 0.29) is 0 Å². The van der Waals surface area contributed by atoms with Crippen LogP contribution >= 0.6 is 11.8 Å². The van der Waals surface area contributed by atoms with Gasteiger partial charge in [0.05, 0.1) is 12.8 Å². The summed E-state index contributed by atoms with van der Waals surface area (Å²) in [7, 11) is 1.68. The first-order valence-electron chi connectivity index (χ1n) is 5.40. The fraction of sp³-hybridized carbons (Fsp3) is 0.500. The second-order valence-electron chi connectivity index (χ2n) is 3.56. The quantitative estimate of drug-likeness (QED) is 0.767. The van der Waals surface area contributed by atoms with Crippen molar-refractivity contribution < 1.29 is 4.74 Å². The van der Waals surface area contributed by atoms with Crippen LogP contribution in [0.2, 0.25) is 0 Å². The van der Waals surface area contributed by atoms with Crippen molar-refractivity contribution in [2.75, 3.05) is 31.0 Å². The van der Waals surface area contributed by atoms with E-state index in [4.69, 9.17) is 10.5 Å². The number of ether oxygens (including phenoxy) is 1. The highest BCUT2D eigenvalue weighted by molar-refractivity contribution is 7.98. The average Bonchev–Trinajstić information content (AvgIpc) is 2.34. The molecule has 0 saturated heterocycles. The number of thioether (sulfide) groups is 1. The van der Waals surface area contributed by atoms with E-state index in [0.29, 0.717) is 12.6 Å². The van der Waals surface area contributed by atoms with Gasteiger partial charge >= 0.3 is 0 Å². The first-order chi connectivity index (χ1) is 7.81. The second-order valence-corrected chi connectivity index (χ2v) is 4.54. The maximum absolute atomic E-state index is 5.74. The lowest BCUT2D eigenvalue weighted by atomic mass is 10.2. The van der Waals surface area contributed by atoms with E-state index >= 15 is 0 Å². The zero-order valence-electron chi connectivity index (χ0n) is 9.90. The Balaban J connectivity index is 2.62. The summed E-state index contributed by atoms with van der Waals surface area (Å²) in [5.41, 5.74) is 6.76. The summed E-state index contributed by atoms with van der Waals surface area (Å²) in [5, 5.41) is 3.42. The van der Waals surface area contributed by atoms with Crippen LogP contribution in [0.5, 0.6) is 5.75 Å². The molecule has 0 heterocycles. The second kappa shape index (κ2) is 7.41. The van der Waals surface area contributed by atoms with Crippen LogP contribution in [0.25, 0.3) is 0 Å². The largest absolute Gasteiger partial charge is 0.495 e. The number of benzene rings is 1. The lowest BCUT2D eigenvalue weighted by molar-refractivity contribution is 0.416. The zero-order valence-corrected chi connectivity index (χ0v) is 10.7. The monoisotopic (exact) mass is 240 g/mol. The molecular weight excluding hydrogens is 220 g/mol. The van der Waals surface area contributed by atoms with E-state index in [1.807, 2.05) is 36.0 Å². The van der Waals surface area contributed by atoms with Crippen LogP contribution in [0.4, 0.5) is 5.69 Å². The molecule has 4 heteroatoms. The number of nitrogens with one attached hydrogen (secondary N) is 1. The number of nitrogens with two attached hydrogens (primary N) is 1. The Morgan fingerprint density at radius 1 is 1.44 bits per heavy atom. The number of para-hydroxylation sites is 2. The first kappa shape index (κ1) is 13.2. The first-order valence-corrected chi connectivity index (χ1v) is 6.79. The van der Waals surface area contributed by atoms with Gasteiger partial charge in [0.15, 0.2) is 0 Å². The third-order valence-electron chi connectivity index (χ3n) is 2.42. The molecule has 16 heavy (non-hydrogen) atoms. The maximum atomic E-state index is 5.74. The Kier molecular flexibility index (Phi) is 6.11. The van der Waals surface area contributed by atoms with Gasteiger partial charge < -0.3 is 15.8 Å². The van der Waals surface area contributed by atoms with Crippen molar-refractivity contribution in [3.05, 3.63) is 24.3 Å². The van der Waals surface area contributed by atoms with Gasteiger partial charge in [0, 0.05) is 12.6 Å². The standard InChI is InChI=1S/C12H20N2OS/c1-15-12-6-4-3-5-11(12)14-10(9-13)7-8-16-2/h3-6,10,14H,7-9,13H2,1-2H3. The van der Waals surface area contributed by atoms with Crippen LogP contribution < -0.4 is 15.8 Å². The van der Waals surface area contributed by atoms with Crippen molar-refractivity contribution in [2.24, 2.45) is 5.73 Å². The molecule has 90 valence electrons. The molecule has 0 radical (unpaired) electrons. The van der Waals surface area contributed by atoms with Crippen molar-refractivity contribution in [3.8, 4) is 5.75 Å². The summed E-state index contributed by atoms with van der Waals surface area (Å²) in [6, 6.07) is 8.23. The molecule has 1 unspecified atom stereocenters. The molecule has 0 aliphatic heterocycles. The third-order valence-corrected chi connectivity index (χ3v) is 3.07. The molecule has 0 saturated carbocycles. The molecule has 0 aromatic heterocycles. The maximum Gasteiger partial charge on any atom is 0.141 e. The molecular formula is C12H20N2OS. The molecule has 3 N–H and O–H groups in total. The van der Waals surface area contributed by atoms with Gasteiger partial charge in [0.25, 0.3) is 0 Å². The summed E-state index contributed by atoms with van der Waals surface area (Å²) in [6.07, 6.45) is 3.17. The molecule has 0 fully saturated rings. The van der Waals surface area contributed by atoms with Gasteiger partial charge in [-0.15, -0.1) is 0 Å². The summed E-state index contributed by atoms with van der Waals surface area (Å²) in [6.45, 7) is 0.638. The van der Waals surface area contributed by atoms with Gasteiger partial charge in [-0.3, -0.25) is 0 Å². The topological polar surface area (TPSA) is 47.3 Å². The van der Waals surface area contributed by atoms with Crippen molar-refractivity contribution in [1.29, 1.82) is 0 Å². The zero-order chi connectivity index (χ0) is 11.8. The SMILES string of the molecule is COc1ccccc1NC(CN)CCSC. The number of anilines is 1. The Morgan fingerprint density at radius 3 is 2.81 bits per heavy atom. The highest BCUT2D eigenvalue weighted by Crippen LogP contribution is 2.24. The minimum atomic E-state index is 0.309. The lowest BCUT2D eigenvalue weighted by Crippen LogP contribution is -2.29. The van der Waals surface area contributed by atoms with E-state index in [0.717, 1.165) is 23.6 Å². The van der Waals surface area contributed by atoms with Crippen LogP contribution in [0.3, 0.4) is 0 Å². The predicted octanol–water partition coefficient (Wildman–Crippen LogP) is 2.19. The Hall–Kier alpha value is -0.870. The van der Waals surface area contributed by atoms with Gasteiger partial charge in [-0.2, -0.15) is 11.8 Å². The molecule has 1 aromatic carbocycles. The van der Waals surface area contributed by atoms with E-state index in [1.165, 1.54) is 0 Å². The molecule has 0 aliphatic rings. The van der Waals surface area contributed by atoms with Crippen LogP contribution in [-0.4, -0.2) is 31.7 Å². The third kappa shape index (κ3) is 3.94. The van der Waals surface area contributed by atoms with Crippen molar-refractivity contribution in [2.45, 2.75) is 12.5 Å². The molecule has 0 spiro atoms. The molecule has 1 atom stereocenters. The minimum absolute atomic E-state index is 0.309. The van der Waals surface area contributed by atoms with Gasteiger partial charge in [-0.05, 0) is 30.6 Å². The van der Waals surface area contributed by atoms with E-state index in [9.17, 15) is 0 Å². The number of methoxy groups -OCH3 is 1. The fourth-order valence-electron chi connectivity index (χ4n) is 1.49. The lowest BCUT2D eigenvalue weighted by Gasteiger charge is -2.19.